The molecule has 2 aromatic rings. The number of para-hydroxylation sites is 2. The number of Topliss-reactive ketones (excluding diaryl/α,β-unsaturated/α-hetero) is 1. The number of fused-ring (bicyclic) bond motifs is 2. The van der Waals surface area contributed by atoms with Crippen molar-refractivity contribution >= 4 is 54.6 Å². The second kappa shape index (κ2) is 6.86. The molecule has 0 amide bonds. The van der Waals surface area contributed by atoms with Gasteiger partial charge in [0.1, 0.15) is 0 Å². The molecule has 0 aromatic heterocycles. The number of carbonyl (C=O) groups excluding carboxylic acids is 1. The van der Waals surface area contributed by atoms with Gasteiger partial charge in [0, 0.05) is 29.5 Å². The summed E-state index contributed by atoms with van der Waals surface area (Å²) in [4.78, 5) is 14.1. The highest BCUT2D eigenvalue weighted by molar-refractivity contribution is 9.13. The van der Waals surface area contributed by atoms with E-state index in [1.807, 2.05) is 18.2 Å². The van der Waals surface area contributed by atoms with Crippen LogP contribution in [0.25, 0.3) is 5.57 Å². The Kier molecular flexibility index (Phi) is 4.55. The summed E-state index contributed by atoms with van der Waals surface area (Å²) in [5.41, 5.74) is 6.90. The summed E-state index contributed by atoms with van der Waals surface area (Å²) in [6, 6.07) is 16.8. The Morgan fingerprint density at radius 2 is 1.31 bits per heavy atom. The third-order valence-electron chi connectivity index (χ3n) is 4.57. The standard InChI is InChI=1S/C22H15Br2NO/c1-25-20-8-4-2-6-16(20)15(17-7-3-5-9-21(17)25)11-10-14-12-18(23)22(26)19(24)13-14/h2-13H,1H3. The van der Waals surface area contributed by atoms with Gasteiger partial charge in [0.05, 0.1) is 8.96 Å². The van der Waals surface area contributed by atoms with Crippen molar-refractivity contribution in [2.75, 3.05) is 11.9 Å². The summed E-state index contributed by atoms with van der Waals surface area (Å²) in [7, 11) is 2.10. The SMILES string of the molecule is CN1c2ccccc2C(=CC=C2C=C(Br)C(=O)C(Br)=C2)c2ccccc21. The molecule has 1 aliphatic carbocycles. The molecule has 2 nitrogen and oxygen atoms in total. The maximum Gasteiger partial charge on any atom is 0.206 e. The number of nitrogens with zero attached hydrogens (tertiary/aromatic N) is 1. The predicted molar refractivity (Wildman–Crippen MR) is 115 cm³/mol. The first-order valence-corrected chi connectivity index (χ1v) is 9.78. The first-order valence-electron chi connectivity index (χ1n) is 8.20. The van der Waals surface area contributed by atoms with Gasteiger partial charge in [-0.2, -0.15) is 0 Å². The first kappa shape index (κ1) is 17.3. The van der Waals surface area contributed by atoms with Gasteiger partial charge in [-0.1, -0.05) is 48.6 Å². The van der Waals surface area contributed by atoms with Crippen molar-refractivity contribution in [1.82, 2.24) is 0 Å². The second-order valence-corrected chi connectivity index (χ2v) is 7.86. The average Bonchev–Trinajstić information content (AvgIpc) is 2.66. The van der Waals surface area contributed by atoms with E-state index in [9.17, 15) is 4.79 Å². The number of ketones is 1. The molecule has 0 N–H and O–H groups in total. The zero-order chi connectivity index (χ0) is 18.3. The van der Waals surface area contributed by atoms with E-state index in [2.05, 4.69) is 98.4 Å². The van der Waals surface area contributed by atoms with Gasteiger partial charge in [-0.3, -0.25) is 4.79 Å². The van der Waals surface area contributed by atoms with E-state index in [4.69, 9.17) is 0 Å². The van der Waals surface area contributed by atoms with Crippen LogP contribution in [-0.2, 0) is 4.79 Å². The molecule has 0 unspecified atom stereocenters. The number of halogens is 2. The highest BCUT2D eigenvalue weighted by Gasteiger charge is 2.23. The Hall–Kier alpha value is -2.17. The summed E-state index contributed by atoms with van der Waals surface area (Å²) in [5, 5.41) is 0. The van der Waals surface area contributed by atoms with Crippen molar-refractivity contribution in [3.8, 4) is 0 Å². The van der Waals surface area contributed by atoms with Crippen LogP contribution in [0.4, 0.5) is 11.4 Å². The molecule has 0 fully saturated rings. The van der Waals surface area contributed by atoms with Gasteiger partial charge in [0.2, 0.25) is 5.78 Å². The molecule has 4 rings (SSSR count). The van der Waals surface area contributed by atoms with Crippen LogP contribution in [0.1, 0.15) is 11.1 Å². The summed E-state index contributed by atoms with van der Waals surface area (Å²) < 4.78 is 1.11. The van der Waals surface area contributed by atoms with Gasteiger partial charge < -0.3 is 4.90 Å². The van der Waals surface area contributed by atoms with Crippen LogP contribution in [0, 0.1) is 0 Å². The molecule has 0 atom stereocenters. The minimum Gasteiger partial charge on any atom is -0.344 e. The van der Waals surface area contributed by atoms with Crippen LogP contribution in [0.3, 0.4) is 0 Å². The van der Waals surface area contributed by atoms with E-state index in [-0.39, 0.29) is 5.78 Å². The Bertz CT molecular complexity index is 970. The van der Waals surface area contributed by atoms with Crippen LogP contribution >= 0.6 is 31.9 Å². The summed E-state index contributed by atoms with van der Waals surface area (Å²) in [6.45, 7) is 0. The molecule has 0 saturated carbocycles. The van der Waals surface area contributed by atoms with Gasteiger partial charge in [-0.05, 0) is 67.3 Å². The van der Waals surface area contributed by atoms with Crippen molar-refractivity contribution in [3.63, 3.8) is 0 Å². The lowest BCUT2D eigenvalue weighted by molar-refractivity contribution is -0.110. The predicted octanol–water partition coefficient (Wildman–Crippen LogP) is 6.27. The molecule has 1 aliphatic heterocycles. The van der Waals surface area contributed by atoms with Gasteiger partial charge >= 0.3 is 0 Å². The number of carbonyl (C=O) groups is 1. The van der Waals surface area contributed by atoms with Crippen molar-refractivity contribution in [1.29, 1.82) is 0 Å². The smallest absolute Gasteiger partial charge is 0.206 e. The quantitative estimate of drug-likeness (QED) is 0.491. The molecular formula is C22H15Br2NO. The van der Waals surface area contributed by atoms with Gasteiger partial charge in [0.25, 0.3) is 0 Å². The number of rotatable bonds is 1. The van der Waals surface area contributed by atoms with Crippen molar-refractivity contribution < 1.29 is 4.79 Å². The molecule has 0 bridgehead atoms. The van der Waals surface area contributed by atoms with Gasteiger partial charge in [0.15, 0.2) is 0 Å². The van der Waals surface area contributed by atoms with Crippen LogP contribution in [0.15, 0.2) is 87.4 Å². The van der Waals surface area contributed by atoms with Crippen molar-refractivity contribution in [2.24, 2.45) is 0 Å². The Balaban J connectivity index is 1.87. The van der Waals surface area contributed by atoms with Gasteiger partial charge in [-0.15, -0.1) is 0 Å². The maximum atomic E-state index is 11.9. The molecule has 0 saturated heterocycles. The van der Waals surface area contributed by atoms with Crippen LogP contribution in [0.2, 0.25) is 0 Å². The van der Waals surface area contributed by atoms with Crippen LogP contribution in [-0.4, -0.2) is 12.8 Å². The Labute approximate surface area is 169 Å². The topological polar surface area (TPSA) is 20.3 Å². The zero-order valence-corrected chi connectivity index (χ0v) is 17.2. The fraction of sp³-hybridized carbons (Fsp3) is 0.0455. The van der Waals surface area contributed by atoms with E-state index in [1.165, 1.54) is 28.1 Å². The lowest BCUT2D eigenvalue weighted by Crippen LogP contribution is -2.17. The van der Waals surface area contributed by atoms with Crippen LogP contribution < -0.4 is 4.90 Å². The molecule has 0 spiro atoms. The fourth-order valence-electron chi connectivity index (χ4n) is 3.30. The number of anilines is 2. The van der Waals surface area contributed by atoms with E-state index in [1.54, 1.807) is 0 Å². The Morgan fingerprint density at radius 1 is 0.808 bits per heavy atom. The number of hydrogen-bond donors (Lipinski definition) is 0. The largest absolute Gasteiger partial charge is 0.344 e. The normalized spacial score (nSPS) is 15.8. The number of allylic oxidation sites excluding steroid dienone is 7. The highest BCUT2D eigenvalue weighted by Crippen LogP contribution is 2.43. The van der Waals surface area contributed by atoms with Crippen molar-refractivity contribution in [2.45, 2.75) is 0 Å². The average molecular weight is 469 g/mol. The lowest BCUT2D eigenvalue weighted by atomic mass is 9.90. The van der Waals surface area contributed by atoms with E-state index in [0.29, 0.717) is 8.96 Å². The summed E-state index contributed by atoms with van der Waals surface area (Å²) >= 11 is 6.66. The highest BCUT2D eigenvalue weighted by atomic mass is 79.9. The molecule has 2 aromatic carbocycles. The van der Waals surface area contributed by atoms with Crippen molar-refractivity contribution in [3.05, 3.63) is 98.5 Å². The number of benzene rings is 2. The monoisotopic (exact) mass is 467 g/mol. The summed E-state index contributed by atoms with van der Waals surface area (Å²) in [6.07, 6.45) is 7.86. The van der Waals surface area contributed by atoms with E-state index >= 15 is 0 Å². The third-order valence-corrected chi connectivity index (χ3v) is 5.75. The molecule has 4 heteroatoms. The molecule has 2 aliphatic rings. The molecule has 1 heterocycles. The first-order chi connectivity index (χ1) is 12.6. The fourth-order valence-corrected chi connectivity index (χ4v) is 4.52. The summed E-state index contributed by atoms with van der Waals surface area (Å²) in [5.74, 6) is -0.0372. The molecular weight excluding hydrogens is 454 g/mol. The van der Waals surface area contributed by atoms with Crippen LogP contribution in [0.5, 0.6) is 0 Å². The molecule has 0 radical (unpaired) electrons. The molecule has 128 valence electrons. The minimum absolute atomic E-state index is 0.0372. The second-order valence-electron chi connectivity index (χ2n) is 6.15. The maximum absolute atomic E-state index is 11.9. The molecule has 26 heavy (non-hydrogen) atoms. The Morgan fingerprint density at radius 3 is 1.85 bits per heavy atom. The zero-order valence-electron chi connectivity index (χ0n) is 14.0. The number of hydrogen-bond acceptors (Lipinski definition) is 2. The van der Waals surface area contributed by atoms with Gasteiger partial charge in [-0.25, -0.2) is 0 Å². The third kappa shape index (κ3) is 2.93. The lowest BCUT2D eigenvalue weighted by Gasteiger charge is -2.31. The van der Waals surface area contributed by atoms with E-state index in [0.717, 1.165) is 5.57 Å². The van der Waals surface area contributed by atoms with E-state index < -0.39 is 0 Å². The minimum atomic E-state index is -0.0372.